The number of amides is 1. The molecule has 2 aromatic rings. The Bertz CT molecular complexity index is 1230. The standard InChI is InChI=1S/C27H30N2O6/c1-15-22(27(31)29-17-9-6-7-12-20(17)32-2)23(24-18(28-15)10-8-11-19(24)30)16-13-14-21(33-3)26(35-5)25(16)34-4/h6-7,9,12-14,23,28H,8,10-11H2,1-5H3,(H,29,31)/t23-/m0/s1. The van der Waals surface area contributed by atoms with Crippen LogP contribution in [0.5, 0.6) is 23.0 Å². The summed E-state index contributed by atoms with van der Waals surface area (Å²) < 4.78 is 22.2. The van der Waals surface area contributed by atoms with Gasteiger partial charge in [0.2, 0.25) is 5.75 Å². The van der Waals surface area contributed by atoms with Crippen LogP contribution in [0.2, 0.25) is 0 Å². The van der Waals surface area contributed by atoms with Crippen molar-refractivity contribution in [3.63, 3.8) is 0 Å². The van der Waals surface area contributed by atoms with Gasteiger partial charge in [0.15, 0.2) is 17.3 Å². The van der Waals surface area contributed by atoms with Gasteiger partial charge in [0, 0.05) is 34.5 Å². The number of ether oxygens (including phenoxy) is 4. The lowest BCUT2D eigenvalue weighted by atomic mass is 9.74. The zero-order valence-electron chi connectivity index (χ0n) is 20.6. The highest BCUT2D eigenvalue weighted by Crippen LogP contribution is 2.50. The van der Waals surface area contributed by atoms with Crippen molar-refractivity contribution in [1.29, 1.82) is 0 Å². The third-order valence-corrected chi connectivity index (χ3v) is 6.42. The zero-order chi connectivity index (χ0) is 25.1. The van der Waals surface area contributed by atoms with Crippen molar-refractivity contribution in [3.8, 4) is 23.0 Å². The normalized spacial score (nSPS) is 17.4. The van der Waals surface area contributed by atoms with Crippen molar-refractivity contribution in [1.82, 2.24) is 5.32 Å². The Morgan fingerprint density at radius 2 is 1.63 bits per heavy atom. The second-order valence-corrected chi connectivity index (χ2v) is 8.34. The van der Waals surface area contributed by atoms with E-state index in [1.54, 1.807) is 32.4 Å². The minimum absolute atomic E-state index is 0.00989. The number of hydrogen-bond donors (Lipinski definition) is 2. The Morgan fingerprint density at radius 1 is 0.914 bits per heavy atom. The molecule has 0 bridgehead atoms. The summed E-state index contributed by atoms with van der Waals surface area (Å²) in [7, 11) is 6.15. The van der Waals surface area contributed by atoms with Crippen LogP contribution in [0.25, 0.3) is 0 Å². The Kier molecular flexibility index (Phi) is 7.00. The van der Waals surface area contributed by atoms with Crippen LogP contribution in [0.4, 0.5) is 5.69 Å². The summed E-state index contributed by atoms with van der Waals surface area (Å²) in [5, 5.41) is 6.30. The molecule has 0 aromatic heterocycles. The van der Waals surface area contributed by atoms with E-state index in [1.807, 2.05) is 25.1 Å². The molecule has 0 radical (unpaired) electrons. The molecule has 1 heterocycles. The Labute approximate surface area is 204 Å². The molecule has 0 saturated heterocycles. The van der Waals surface area contributed by atoms with Gasteiger partial charge in [-0.25, -0.2) is 0 Å². The van der Waals surface area contributed by atoms with E-state index >= 15 is 0 Å². The molecule has 1 aliphatic heterocycles. The molecule has 0 saturated carbocycles. The summed E-state index contributed by atoms with van der Waals surface area (Å²) >= 11 is 0. The Balaban J connectivity index is 1.89. The summed E-state index contributed by atoms with van der Waals surface area (Å²) in [5.74, 6) is 0.868. The monoisotopic (exact) mass is 478 g/mol. The number of hydrogen-bond acceptors (Lipinski definition) is 7. The van der Waals surface area contributed by atoms with Gasteiger partial charge in [0.1, 0.15) is 5.75 Å². The highest BCUT2D eigenvalue weighted by atomic mass is 16.5. The molecule has 1 amide bonds. The van der Waals surface area contributed by atoms with Gasteiger partial charge in [-0.15, -0.1) is 0 Å². The molecule has 184 valence electrons. The molecule has 2 N–H and O–H groups in total. The van der Waals surface area contributed by atoms with Crippen LogP contribution < -0.4 is 29.6 Å². The predicted octanol–water partition coefficient (Wildman–Crippen LogP) is 4.33. The molecular weight excluding hydrogens is 448 g/mol. The van der Waals surface area contributed by atoms with Crippen molar-refractivity contribution in [2.75, 3.05) is 33.8 Å². The topological polar surface area (TPSA) is 95.1 Å². The Morgan fingerprint density at radius 3 is 2.31 bits per heavy atom. The summed E-state index contributed by atoms with van der Waals surface area (Å²) in [4.78, 5) is 27.0. The maximum Gasteiger partial charge on any atom is 0.254 e. The summed E-state index contributed by atoms with van der Waals surface area (Å²) in [6, 6.07) is 10.8. The van der Waals surface area contributed by atoms with E-state index in [-0.39, 0.29) is 11.7 Å². The summed E-state index contributed by atoms with van der Waals surface area (Å²) in [6.07, 6.45) is 1.91. The molecular formula is C27H30N2O6. The molecule has 35 heavy (non-hydrogen) atoms. The van der Waals surface area contributed by atoms with Crippen LogP contribution in [0.1, 0.15) is 37.7 Å². The van der Waals surface area contributed by atoms with Crippen molar-refractivity contribution in [2.24, 2.45) is 0 Å². The third kappa shape index (κ3) is 4.32. The predicted molar refractivity (Wildman–Crippen MR) is 132 cm³/mol. The number of nitrogens with one attached hydrogen (secondary N) is 2. The number of carbonyl (C=O) groups is 2. The number of allylic oxidation sites excluding steroid dienone is 3. The number of Topliss-reactive ketones (excluding diaryl/α,β-unsaturated/α-hetero) is 1. The first-order chi connectivity index (χ1) is 16.9. The molecule has 8 heteroatoms. The van der Waals surface area contributed by atoms with Crippen LogP contribution in [-0.4, -0.2) is 40.1 Å². The summed E-state index contributed by atoms with van der Waals surface area (Å²) in [6.45, 7) is 1.85. The van der Waals surface area contributed by atoms with Crippen molar-refractivity contribution < 1.29 is 28.5 Å². The van der Waals surface area contributed by atoms with Gasteiger partial charge in [-0.05, 0) is 38.0 Å². The van der Waals surface area contributed by atoms with E-state index in [2.05, 4.69) is 10.6 Å². The number of anilines is 1. The fourth-order valence-corrected chi connectivity index (χ4v) is 4.88. The molecule has 0 unspecified atom stereocenters. The fourth-order valence-electron chi connectivity index (χ4n) is 4.88. The highest BCUT2D eigenvalue weighted by Gasteiger charge is 2.40. The first-order valence-electron chi connectivity index (χ1n) is 11.4. The van der Waals surface area contributed by atoms with Crippen LogP contribution in [-0.2, 0) is 9.59 Å². The van der Waals surface area contributed by atoms with Gasteiger partial charge in [-0.3, -0.25) is 9.59 Å². The Hall–Kier alpha value is -3.94. The van der Waals surface area contributed by atoms with E-state index in [1.165, 1.54) is 14.2 Å². The van der Waals surface area contributed by atoms with E-state index < -0.39 is 5.92 Å². The maximum atomic E-state index is 13.8. The number of dihydropyridines is 1. The molecule has 1 aliphatic carbocycles. The third-order valence-electron chi connectivity index (χ3n) is 6.42. The minimum atomic E-state index is -0.650. The zero-order valence-corrected chi connectivity index (χ0v) is 20.6. The number of benzene rings is 2. The van der Waals surface area contributed by atoms with Gasteiger partial charge >= 0.3 is 0 Å². The molecule has 0 fully saturated rings. The summed E-state index contributed by atoms with van der Waals surface area (Å²) in [5.41, 5.74) is 3.71. The second kappa shape index (κ2) is 10.1. The molecule has 2 aromatic carbocycles. The van der Waals surface area contributed by atoms with Gasteiger partial charge in [-0.1, -0.05) is 18.2 Å². The average Bonchev–Trinajstić information content (AvgIpc) is 2.87. The SMILES string of the molecule is COc1ccccc1NC(=O)C1=C(C)NC2=C(C(=O)CCC2)[C@H]1c1ccc(OC)c(OC)c1OC. The minimum Gasteiger partial charge on any atom is -0.495 e. The van der Waals surface area contributed by atoms with Crippen LogP contribution >= 0.6 is 0 Å². The lowest BCUT2D eigenvalue weighted by Gasteiger charge is -2.35. The van der Waals surface area contributed by atoms with Crippen LogP contribution in [0.3, 0.4) is 0 Å². The highest BCUT2D eigenvalue weighted by molar-refractivity contribution is 6.10. The largest absolute Gasteiger partial charge is 0.495 e. The number of methoxy groups -OCH3 is 4. The smallest absolute Gasteiger partial charge is 0.254 e. The number of carbonyl (C=O) groups excluding carboxylic acids is 2. The van der Waals surface area contributed by atoms with Gasteiger partial charge in [-0.2, -0.15) is 0 Å². The fraction of sp³-hybridized carbons (Fsp3) is 0.333. The van der Waals surface area contributed by atoms with Crippen molar-refractivity contribution >= 4 is 17.4 Å². The number of para-hydroxylation sites is 2. The number of rotatable bonds is 7. The first kappa shape index (κ1) is 24.2. The quantitative estimate of drug-likeness (QED) is 0.612. The van der Waals surface area contributed by atoms with Crippen molar-refractivity contribution in [2.45, 2.75) is 32.1 Å². The van der Waals surface area contributed by atoms with E-state index in [4.69, 9.17) is 18.9 Å². The maximum absolute atomic E-state index is 13.8. The molecule has 0 spiro atoms. The molecule has 2 aliphatic rings. The lowest BCUT2D eigenvalue weighted by Crippen LogP contribution is -2.35. The van der Waals surface area contributed by atoms with Crippen LogP contribution in [0.15, 0.2) is 58.9 Å². The molecule has 8 nitrogen and oxygen atoms in total. The van der Waals surface area contributed by atoms with Gasteiger partial charge < -0.3 is 29.6 Å². The lowest BCUT2D eigenvalue weighted by molar-refractivity contribution is -0.116. The van der Waals surface area contributed by atoms with E-state index in [0.29, 0.717) is 57.5 Å². The second-order valence-electron chi connectivity index (χ2n) is 8.34. The van der Waals surface area contributed by atoms with E-state index in [0.717, 1.165) is 18.5 Å². The van der Waals surface area contributed by atoms with Crippen molar-refractivity contribution in [3.05, 3.63) is 64.5 Å². The van der Waals surface area contributed by atoms with Gasteiger partial charge in [0.05, 0.1) is 40.0 Å². The van der Waals surface area contributed by atoms with E-state index in [9.17, 15) is 9.59 Å². The van der Waals surface area contributed by atoms with Gasteiger partial charge in [0.25, 0.3) is 5.91 Å². The molecule has 1 atom stereocenters. The van der Waals surface area contributed by atoms with Crippen LogP contribution in [0, 0.1) is 0 Å². The first-order valence-corrected chi connectivity index (χ1v) is 11.4. The number of ketones is 1. The average molecular weight is 479 g/mol. The molecule has 4 rings (SSSR count).